The summed E-state index contributed by atoms with van der Waals surface area (Å²) in [6, 6.07) is 0. The highest BCUT2D eigenvalue weighted by molar-refractivity contribution is 5.86. The van der Waals surface area contributed by atoms with E-state index in [1.807, 2.05) is 4.90 Å². The number of nitrogens with zero attached hydrogens (tertiary/aromatic N) is 1. The number of rotatable bonds is 1. The molecule has 2 N–H and O–H groups in total. The van der Waals surface area contributed by atoms with Crippen LogP contribution >= 0.6 is 12.4 Å². The number of fused-ring (bicyclic) bond motifs is 1. The zero-order chi connectivity index (χ0) is 11.9. The Kier molecular flexibility index (Phi) is 4.19. The van der Waals surface area contributed by atoms with Gasteiger partial charge in [-0.2, -0.15) is 0 Å². The molecule has 2 unspecified atom stereocenters. The third-order valence-electron chi connectivity index (χ3n) is 4.82. The average molecular weight is 275 g/mol. The maximum Gasteiger partial charge on any atom is 0.242 e. The van der Waals surface area contributed by atoms with E-state index in [0.717, 1.165) is 24.9 Å². The first-order chi connectivity index (χ1) is 8.19. The molecule has 3 fully saturated rings. The van der Waals surface area contributed by atoms with Crippen LogP contribution in [-0.2, 0) is 9.53 Å². The summed E-state index contributed by atoms with van der Waals surface area (Å²) in [6.07, 6.45) is 5.30. The van der Waals surface area contributed by atoms with E-state index in [0.29, 0.717) is 26.1 Å². The van der Waals surface area contributed by atoms with Crippen LogP contribution in [0.4, 0.5) is 0 Å². The zero-order valence-electron chi connectivity index (χ0n) is 10.8. The van der Waals surface area contributed by atoms with Gasteiger partial charge in [0, 0.05) is 26.3 Å². The molecule has 18 heavy (non-hydrogen) atoms. The fraction of sp³-hybridized carbons (Fsp3) is 0.923. The van der Waals surface area contributed by atoms with E-state index in [9.17, 15) is 4.79 Å². The van der Waals surface area contributed by atoms with Crippen molar-refractivity contribution in [1.82, 2.24) is 4.90 Å². The molecule has 0 aromatic rings. The van der Waals surface area contributed by atoms with Crippen LogP contribution in [0.15, 0.2) is 0 Å². The highest BCUT2D eigenvalue weighted by atomic mass is 35.5. The quantitative estimate of drug-likeness (QED) is 0.781. The van der Waals surface area contributed by atoms with Crippen molar-refractivity contribution in [3.05, 3.63) is 0 Å². The van der Waals surface area contributed by atoms with Crippen molar-refractivity contribution in [2.45, 2.75) is 37.6 Å². The fourth-order valence-corrected chi connectivity index (χ4v) is 3.67. The van der Waals surface area contributed by atoms with E-state index in [2.05, 4.69) is 0 Å². The smallest absolute Gasteiger partial charge is 0.242 e. The molecule has 4 nitrogen and oxygen atoms in total. The molecule has 3 rings (SSSR count). The Morgan fingerprint density at radius 2 is 1.72 bits per heavy atom. The number of halogens is 1. The molecule has 5 heteroatoms. The Balaban J connectivity index is 0.00000120. The Morgan fingerprint density at radius 1 is 1.17 bits per heavy atom. The molecule has 1 saturated carbocycles. The summed E-state index contributed by atoms with van der Waals surface area (Å²) in [4.78, 5) is 14.5. The topological polar surface area (TPSA) is 55.6 Å². The van der Waals surface area contributed by atoms with Crippen LogP contribution < -0.4 is 5.73 Å². The average Bonchev–Trinajstić information content (AvgIpc) is 2.89. The molecule has 2 atom stereocenters. The third-order valence-corrected chi connectivity index (χ3v) is 4.82. The molecular weight excluding hydrogens is 252 g/mol. The van der Waals surface area contributed by atoms with E-state index < -0.39 is 5.54 Å². The molecule has 2 heterocycles. The van der Waals surface area contributed by atoms with Gasteiger partial charge in [-0.3, -0.25) is 4.79 Å². The Labute approximate surface area is 115 Å². The highest BCUT2D eigenvalue weighted by Gasteiger charge is 2.44. The van der Waals surface area contributed by atoms with Crippen molar-refractivity contribution in [1.29, 1.82) is 0 Å². The summed E-state index contributed by atoms with van der Waals surface area (Å²) < 4.78 is 5.30. The summed E-state index contributed by atoms with van der Waals surface area (Å²) in [5.41, 5.74) is 5.62. The molecule has 0 bridgehead atoms. The van der Waals surface area contributed by atoms with Crippen molar-refractivity contribution < 1.29 is 9.53 Å². The second kappa shape index (κ2) is 5.35. The molecule has 1 aliphatic carbocycles. The number of hydrogen-bond acceptors (Lipinski definition) is 3. The van der Waals surface area contributed by atoms with Crippen LogP contribution in [0.25, 0.3) is 0 Å². The van der Waals surface area contributed by atoms with Crippen molar-refractivity contribution in [2.75, 3.05) is 26.3 Å². The van der Waals surface area contributed by atoms with Crippen molar-refractivity contribution >= 4 is 18.3 Å². The van der Waals surface area contributed by atoms with Gasteiger partial charge in [0.05, 0.1) is 5.54 Å². The molecule has 2 saturated heterocycles. The number of nitrogens with two attached hydrogens (primary N) is 1. The molecule has 0 aromatic heterocycles. The SMILES string of the molecule is Cl.NC1(C(=O)N2CC3CCCC3C2)CCOCC1. The highest BCUT2D eigenvalue weighted by Crippen LogP contribution is 2.38. The molecule has 0 radical (unpaired) electrons. The second-order valence-corrected chi connectivity index (χ2v) is 5.93. The van der Waals surface area contributed by atoms with Crippen LogP contribution in [0.1, 0.15) is 32.1 Å². The van der Waals surface area contributed by atoms with E-state index in [-0.39, 0.29) is 18.3 Å². The molecule has 0 spiro atoms. The van der Waals surface area contributed by atoms with Crippen LogP contribution in [0, 0.1) is 11.8 Å². The molecular formula is C13H23ClN2O2. The van der Waals surface area contributed by atoms with Gasteiger partial charge in [0.1, 0.15) is 0 Å². The summed E-state index contributed by atoms with van der Waals surface area (Å²) in [5.74, 6) is 1.68. The summed E-state index contributed by atoms with van der Waals surface area (Å²) >= 11 is 0. The Bertz CT molecular complexity index is 306. The number of hydrogen-bond donors (Lipinski definition) is 1. The van der Waals surface area contributed by atoms with Gasteiger partial charge in [0.25, 0.3) is 0 Å². The maximum absolute atomic E-state index is 12.5. The number of ether oxygens (including phenoxy) is 1. The number of carbonyl (C=O) groups is 1. The zero-order valence-corrected chi connectivity index (χ0v) is 11.6. The molecule has 0 aromatic carbocycles. The van der Waals surface area contributed by atoms with Gasteiger partial charge in [-0.25, -0.2) is 0 Å². The van der Waals surface area contributed by atoms with Gasteiger partial charge in [0.15, 0.2) is 0 Å². The van der Waals surface area contributed by atoms with E-state index in [4.69, 9.17) is 10.5 Å². The van der Waals surface area contributed by atoms with Crippen molar-refractivity contribution in [3.8, 4) is 0 Å². The first-order valence-corrected chi connectivity index (χ1v) is 6.85. The van der Waals surface area contributed by atoms with Gasteiger partial charge in [0.2, 0.25) is 5.91 Å². The first kappa shape index (κ1) is 14.1. The first-order valence-electron chi connectivity index (χ1n) is 6.85. The summed E-state index contributed by atoms with van der Waals surface area (Å²) in [5, 5.41) is 0. The minimum atomic E-state index is -0.642. The third kappa shape index (κ3) is 2.38. The van der Waals surface area contributed by atoms with E-state index >= 15 is 0 Å². The number of carbonyl (C=O) groups excluding carboxylic acids is 1. The predicted octanol–water partition coefficient (Wildman–Crippen LogP) is 1.17. The van der Waals surface area contributed by atoms with Crippen molar-refractivity contribution in [2.24, 2.45) is 17.6 Å². The fourth-order valence-electron chi connectivity index (χ4n) is 3.67. The molecule has 2 aliphatic heterocycles. The van der Waals surface area contributed by atoms with Crippen LogP contribution in [0.3, 0.4) is 0 Å². The Hall–Kier alpha value is -0.320. The van der Waals surface area contributed by atoms with Crippen molar-refractivity contribution in [3.63, 3.8) is 0 Å². The lowest BCUT2D eigenvalue weighted by Gasteiger charge is -2.35. The molecule has 104 valence electrons. The lowest BCUT2D eigenvalue weighted by Crippen LogP contribution is -2.57. The number of likely N-dealkylation sites (tertiary alicyclic amines) is 1. The van der Waals surface area contributed by atoms with Gasteiger partial charge in [-0.15, -0.1) is 12.4 Å². The Morgan fingerprint density at radius 3 is 2.28 bits per heavy atom. The standard InChI is InChI=1S/C13H22N2O2.ClH/c14-13(4-6-17-7-5-13)12(16)15-8-10-2-1-3-11(10)9-15;/h10-11H,1-9,14H2;1H. The predicted molar refractivity (Wildman–Crippen MR) is 71.6 cm³/mol. The van der Waals surface area contributed by atoms with Gasteiger partial charge >= 0.3 is 0 Å². The maximum atomic E-state index is 12.5. The van der Waals surface area contributed by atoms with Gasteiger partial charge in [-0.05, 0) is 37.5 Å². The van der Waals surface area contributed by atoms with E-state index in [1.165, 1.54) is 19.3 Å². The minimum Gasteiger partial charge on any atom is -0.381 e. The lowest BCUT2D eigenvalue weighted by atomic mass is 9.90. The van der Waals surface area contributed by atoms with E-state index in [1.54, 1.807) is 0 Å². The van der Waals surface area contributed by atoms with Crippen LogP contribution in [-0.4, -0.2) is 42.6 Å². The lowest BCUT2D eigenvalue weighted by molar-refractivity contribution is -0.139. The second-order valence-electron chi connectivity index (χ2n) is 5.93. The summed E-state index contributed by atoms with van der Waals surface area (Å²) in [6.45, 7) is 3.15. The van der Waals surface area contributed by atoms with Gasteiger partial charge < -0.3 is 15.4 Å². The largest absolute Gasteiger partial charge is 0.381 e. The number of amides is 1. The minimum absolute atomic E-state index is 0. The summed E-state index contributed by atoms with van der Waals surface area (Å²) in [7, 11) is 0. The molecule has 1 amide bonds. The van der Waals surface area contributed by atoms with Gasteiger partial charge in [-0.1, -0.05) is 6.42 Å². The van der Waals surface area contributed by atoms with Crippen LogP contribution in [0.2, 0.25) is 0 Å². The molecule has 3 aliphatic rings. The van der Waals surface area contributed by atoms with Crippen LogP contribution in [0.5, 0.6) is 0 Å². The monoisotopic (exact) mass is 274 g/mol. The normalized spacial score (nSPS) is 33.9.